The second-order valence-corrected chi connectivity index (χ2v) is 4.94. The molecule has 0 aliphatic rings. The lowest BCUT2D eigenvalue weighted by Gasteiger charge is -2.20. The summed E-state index contributed by atoms with van der Waals surface area (Å²) in [5.74, 6) is -0.577. The third-order valence-electron chi connectivity index (χ3n) is 2.05. The fraction of sp³-hybridized carbons (Fsp3) is 0.385. The van der Waals surface area contributed by atoms with E-state index in [1.807, 2.05) is 0 Å². The van der Waals surface area contributed by atoms with Gasteiger partial charge in [0.15, 0.2) is 0 Å². The van der Waals surface area contributed by atoms with Crippen LogP contribution in [-0.4, -0.2) is 18.0 Å². The first-order chi connectivity index (χ1) is 8.23. The zero-order chi connectivity index (χ0) is 13.9. The van der Waals surface area contributed by atoms with Crippen LogP contribution in [0.15, 0.2) is 12.1 Å². The van der Waals surface area contributed by atoms with Crippen LogP contribution in [0.3, 0.4) is 0 Å². The summed E-state index contributed by atoms with van der Waals surface area (Å²) >= 11 is 0. The molecule has 1 aromatic carbocycles. The van der Waals surface area contributed by atoms with Gasteiger partial charge in [0, 0.05) is 5.56 Å². The highest BCUT2D eigenvalue weighted by Crippen LogP contribution is 2.20. The predicted octanol–water partition coefficient (Wildman–Crippen LogP) is 3.29. The molecule has 0 atom stereocenters. The largest absolute Gasteiger partial charge is 0.444 e. The third-order valence-corrected chi connectivity index (χ3v) is 2.05. The lowest BCUT2D eigenvalue weighted by Crippen LogP contribution is -2.27. The number of aryl methyl sites for hydroxylation is 1. The smallest absolute Gasteiger partial charge is 0.412 e. The molecule has 0 unspecified atom stereocenters. The van der Waals surface area contributed by atoms with Crippen molar-refractivity contribution in [1.29, 1.82) is 0 Å². The topological polar surface area (TPSA) is 55.4 Å². The number of rotatable bonds is 2. The number of carbonyl (C=O) groups excluding carboxylic acids is 2. The molecule has 4 nitrogen and oxygen atoms in total. The SMILES string of the molecule is Cc1cc(C=O)cc(NC(=O)OC(C)(C)C)c1F. The standard InChI is InChI=1S/C13H16FNO3/c1-8-5-9(7-16)6-10(11(8)14)15-12(17)18-13(2,3)4/h5-7H,1-4H3,(H,15,17). The molecule has 0 aliphatic heterocycles. The van der Waals surface area contributed by atoms with Crippen molar-refractivity contribution in [3.63, 3.8) is 0 Å². The Morgan fingerprint density at radius 2 is 2.00 bits per heavy atom. The molecule has 18 heavy (non-hydrogen) atoms. The molecular weight excluding hydrogens is 237 g/mol. The van der Waals surface area contributed by atoms with Gasteiger partial charge in [-0.25, -0.2) is 9.18 Å². The molecule has 1 rings (SSSR count). The summed E-state index contributed by atoms with van der Waals surface area (Å²) in [5, 5.41) is 2.29. The highest BCUT2D eigenvalue weighted by atomic mass is 19.1. The van der Waals surface area contributed by atoms with Crippen molar-refractivity contribution in [2.75, 3.05) is 5.32 Å². The van der Waals surface area contributed by atoms with Crippen LogP contribution in [-0.2, 0) is 4.74 Å². The van der Waals surface area contributed by atoms with Crippen LogP contribution in [0.25, 0.3) is 0 Å². The number of carbonyl (C=O) groups is 2. The van der Waals surface area contributed by atoms with Crippen molar-refractivity contribution in [2.45, 2.75) is 33.3 Å². The van der Waals surface area contributed by atoms with Gasteiger partial charge in [0.2, 0.25) is 0 Å². The number of amides is 1. The molecule has 0 saturated heterocycles. The molecule has 1 N–H and O–H groups in total. The fourth-order valence-corrected chi connectivity index (χ4v) is 1.37. The number of aldehydes is 1. The number of anilines is 1. The molecule has 0 aliphatic carbocycles. The summed E-state index contributed by atoms with van der Waals surface area (Å²) in [4.78, 5) is 22.2. The highest BCUT2D eigenvalue weighted by Gasteiger charge is 2.18. The van der Waals surface area contributed by atoms with Crippen molar-refractivity contribution in [3.05, 3.63) is 29.1 Å². The molecule has 98 valence electrons. The Labute approximate surface area is 105 Å². The van der Waals surface area contributed by atoms with E-state index >= 15 is 0 Å². The quantitative estimate of drug-likeness (QED) is 0.823. The first kappa shape index (κ1) is 14.2. The van der Waals surface area contributed by atoms with Gasteiger partial charge in [-0.2, -0.15) is 0 Å². The Kier molecular flexibility index (Phi) is 4.06. The molecule has 0 radical (unpaired) electrons. The molecular formula is C13H16FNO3. The van der Waals surface area contributed by atoms with Gasteiger partial charge in [-0.3, -0.25) is 10.1 Å². The maximum atomic E-state index is 13.7. The number of hydrogen-bond donors (Lipinski definition) is 1. The number of halogens is 1. The summed E-state index contributed by atoms with van der Waals surface area (Å²) < 4.78 is 18.7. The fourth-order valence-electron chi connectivity index (χ4n) is 1.37. The van der Waals surface area contributed by atoms with Gasteiger partial charge in [-0.1, -0.05) is 0 Å². The van der Waals surface area contributed by atoms with E-state index < -0.39 is 17.5 Å². The molecule has 1 aromatic rings. The molecule has 0 saturated carbocycles. The predicted molar refractivity (Wildman–Crippen MR) is 66.4 cm³/mol. The van der Waals surface area contributed by atoms with E-state index in [0.29, 0.717) is 11.8 Å². The zero-order valence-corrected chi connectivity index (χ0v) is 10.8. The van der Waals surface area contributed by atoms with Crippen LogP contribution in [0.4, 0.5) is 14.9 Å². The van der Waals surface area contributed by atoms with Gasteiger partial charge < -0.3 is 4.74 Å². The minimum absolute atomic E-state index is 0.0636. The van der Waals surface area contributed by atoms with Crippen LogP contribution in [0, 0.1) is 12.7 Å². The Hall–Kier alpha value is -1.91. The molecule has 1 amide bonds. The van der Waals surface area contributed by atoms with Gasteiger partial charge in [0.25, 0.3) is 0 Å². The number of benzene rings is 1. The van der Waals surface area contributed by atoms with Crippen molar-refractivity contribution in [2.24, 2.45) is 0 Å². The number of ether oxygens (including phenoxy) is 1. The van der Waals surface area contributed by atoms with Gasteiger partial charge >= 0.3 is 6.09 Å². The van der Waals surface area contributed by atoms with E-state index in [1.165, 1.54) is 19.1 Å². The monoisotopic (exact) mass is 253 g/mol. The Bertz CT molecular complexity index is 478. The first-order valence-electron chi connectivity index (χ1n) is 5.48. The third kappa shape index (κ3) is 3.84. The highest BCUT2D eigenvalue weighted by molar-refractivity contribution is 5.87. The van der Waals surface area contributed by atoms with Gasteiger partial charge in [-0.15, -0.1) is 0 Å². The molecule has 0 heterocycles. The van der Waals surface area contributed by atoms with Crippen molar-refractivity contribution < 1.29 is 18.7 Å². The summed E-state index contributed by atoms with van der Waals surface area (Å²) in [5.41, 5.74) is -0.158. The number of hydrogen-bond acceptors (Lipinski definition) is 3. The average Bonchev–Trinajstić information content (AvgIpc) is 2.21. The molecule has 5 heteroatoms. The van der Waals surface area contributed by atoms with Crippen molar-refractivity contribution >= 4 is 18.1 Å². The molecule has 0 spiro atoms. The second kappa shape index (κ2) is 5.16. The van der Waals surface area contributed by atoms with Crippen molar-refractivity contribution in [3.8, 4) is 0 Å². The van der Waals surface area contributed by atoms with E-state index in [2.05, 4.69) is 5.32 Å². The minimum atomic E-state index is -0.760. The Balaban J connectivity index is 2.94. The first-order valence-corrected chi connectivity index (χ1v) is 5.48. The Morgan fingerprint density at radius 3 is 2.50 bits per heavy atom. The molecule has 0 fully saturated rings. The Morgan fingerprint density at radius 1 is 1.39 bits per heavy atom. The van der Waals surface area contributed by atoms with Crippen LogP contribution in [0.2, 0.25) is 0 Å². The lowest BCUT2D eigenvalue weighted by molar-refractivity contribution is 0.0635. The summed E-state index contributed by atoms with van der Waals surface area (Å²) in [6.45, 7) is 6.63. The minimum Gasteiger partial charge on any atom is -0.444 e. The zero-order valence-electron chi connectivity index (χ0n) is 10.8. The van der Waals surface area contributed by atoms with E-state index in [0.717, 1.165) is 0 Å². The molecule has 0 bridgehead atoms. The van der Waals surface area contributed by atoms with E-state index in [-0.39, 0.29) is 11.3 Å². The van der Waals surface area contributed by atoms with Crippen LogP contribution < -0.4 is 5.32 Å². The van der Waals surface area contributed by atoms with Crippen LogP contribution >= 0.6 is 0 Å². The maximum Gasteiger partial charge on any atom is 0.412 e. The second-order valence-electron chi connectivity index (χ2n) is 4.94. The van der Waals surface area contributed by atoms with Gasteiger partial charge in [0.05, 0.1) is 5.69 Å². The van der Waals surface area contributed by atoms with Crippen LogP contribution in [0.5, 0.6) is 0 Å². The normalized spacial score (nSPS) is 10.9. The van der Waals surface area contributed by atoms with Gasteiger partial charge in [-0.05, 0) is 45.4 Å². The summed E-state index contributed by atoms with van der Waals surface area (Å²) in [6.07, 6.45) is -0.170. The lowest BCUT2D eigenvalue weighted by atomic mass is 10.1. The van der Waals surface area contributed by atoms with E-state index in [1.54, 1.807) is 20.8 Å². The van der Waals surface area contributed by atoms with Crippen molar-refractivity contribution in [1.82, 2.24) is 0 Å². The van der Waals surface area contributed by atoms with E-state index in [4.69, 9.17) is 4.74 Å². The van der Waals surface area contributed by atoms with Crippen LogP contribution in [0.1, 0.15) is 36.7 Å². The number of nitrogens with one attached hydrogen (secondary N) is 1. The maximum absolute atomic E-state index is 13.7. The summed E-state index contributed by atoms with van der Waals surface area (Å²) in [6, 6.07) is 2.67. The average molecular weight is 253 g/mol. The molecule has 0 aromatic heterocycles. The van der Waals surface area contributed by atoms with Gasteiger partial charge in [0.1, 0.15) is 17.7 Å². The van der Waals surface area contributed by atoms with E-state index in [9.17, 15) is 14.0 Å². The summed E-state index contributed by atoms with van der Waals surface area (Å²) in [7, 11) is 0.